The van der Waals surface area contributed by atoms with Crippen molar-refractivity contribution in [3.63, 3.8) is 0 Å². The third kappa shape index (κ3) is 11.8. The highest BCUT2D eigenvalue weighted by atomic mass is 31.2. The zero-order chi connectivity index (χ0) is 21.0. The van der Waals surface area contributed by atoms with Crippen LogP contribution in [0.1, 0.15) is 75.5 Å². The fourth-order valence-corrected chi connectivity index (χ4v) is 3.70. The van der Waals surface area contributed by atoms with Crippen molar-refractivity contribution in [2.24, 2.45) is 0 Å². The lowest BCUT2D eigenvalue weighted by atomic mass is 9.96. The van der Waals surface area contributed by atoms with Crippen molar-refractivity contribution in [3.8, 4) is 0 Å². The maximum atomic E-state index is 12.0. The van der Waals surface area contributed by atoms with Gasteiger partial charge in [0.1, 0.15) is 0 Å². The largest absolute Gasteiger partial charge is 0.756 e. The van der Waals surface area contributed by atoms with E-state index < -0.39 is 14.2 Å². The van der Waals surface area contributed by atoms with Crippen molar-refractivity contribution in [2.45, 2.75) is 84.4 Å². The molecule has 0 radical (unpaired) electrons. The summed E-state index contributed by atoms with van der Waals surface area (Å²) in [7, 11) is -5.37. The van der Waals surface area contributed by atoms with Crippen LogP contribution in [-0.2, 0) is 32.9 Å². The second kappa shape index (κ2) is 12.6. The maximum absolute atomic E-state index is 12.0. The van der Waals surface area contributed by atoms with Crippen LogP contribution in [-0.4, -0.2) is 13.0 Å². The standard InChI is InChI=1S/C20H32F3O4P/c1-3-5-7-10-17-14-18(11-8-6-4-2)16-19(15-17)12-9-13-26-28(24,25)27-20(21,22)23/h14-16H,3-13H2,1-2H3,(H,24,25)/p-1. The summed E-state index contributed by atoms with van der Waals surface area (Å²) >= 11 is 0. The van der Waals surface area contributed by atoms with E-state index in [0.29, 0.717) is 12.8 Å². The Kier molecular flexibility index (Phi) is 11.4. The van der Waals surface area contributed by atoms with Crippen LogP contribution in [0.15, 0.2) is 18.2 Å². The molecule has 8 heteroatoms. The Hall–Kier alpha value is -0.880. The van der Waals surface area contributed by atoms with Crippen molar-refractivity contribution >= 4 is 7.82 Å². The predicted molar refractivity (Wildman–Crippen MR) is 102 cm³/mol. The molecule has 28 heavy (non-hydrogen) atoms. The fourth-order valence-electron chi connectivity index (χ4n) is 3.04. The van der Waals surface area contributed by atoms with Gasteiger partial charge in [0, 0.05) is 0 Å². The first kappa shape index (κ1) is 25.2. The minimum atomic E-state index is -5.37. The van der Waals surface area contributed by atoms with Crippen LogP contribution in [0.25, 0.3) is 0 Å². The van der Waals surface area contributed by atoms with E-state index in [9.17, 15) is 22.6 Å². The van der Waals surface area contributed by atoms with Gasteiger partial charge < -0.3 is 9.42 Å². The van der Waals surface area contributed by atoms with Gasteiger partial charge >= 0.3 is 6.36 Å². The highest BCUT2D eigenvalue weighted by Crippen LogP contribution is 2.44. The average Bonchev–Trinajstić information content (AvgIpc) is 2.57. The molecular formula is C20H31F3O4P-. The van der Waals surface area contributed by atoms with Gasteiger partial charge in [-0.2, -0.15) is 0 Å². The molecule has 0 heterocycles. The zero-order valence-electron chi connectivity index (χ0n) is 16.7. The number of rotatable bonds is 14. The molecular weight excluding hydrogens is 392 g/mol. The molecule has 0 aliphatic rings. The molecule has 1 unspecified atom stereocenters. The van der Waals surface area contributed by atoms with Gasteiger partial charge in [-0.05, 0) is 55.2 Å². The summed E-state index contributed by atoms with van der Waals surface area (Å²) in [6.45, 7) is 3.97. The molecule has 4 nitrogen and oxygen atoms in total. The van der Waals surface area contributed by atoms with E-state index in [1.54, 1.807) is 0 Å². The van der Waals surface area contributed by atoms with Crippen LogP contribution >= 0.6 is 7.82 Å². The molecule has 1 rings (SSSR count). The summed E-state index contributed by atoms with van der Waals surface area (Å²) in [5.74, 6) is 0. The van der Waals surface area contributed by atoms with E-state index in [1.165, 1.54) is 24.0 Å². The van der Waals surface area contributed by atoms with Gasteiger partial charge in [-0.25, -0.2) is 4.52 Å². The third-order valence-electron chi connectivity index (χ3n) is 4.32. The van der Waals surface area contributed by atoms with Crippen molar-refractivity contribution in [1.29, 1.82) is 0 Å². The SMILES string of the molecule is CCCCCc1cc(CCCCC)cc(CCCOP(=O)([O-])OC(F)(F)F)c1. The molecule has 0 N–H and O–H groups in total. The molecule has 1 atom stereocenters. The van der Waals surface area contributed by atoms with Gasteiger partial charge in [0.05, 0.1) is 6.61 Å². The molecule has 162 valence electrons. The molecule has 0 bridgehead atoms. The van der Waals surface area contributed by atoms with E-state index in [1.807, 2.05) is 0 Å². The van der Waals surface area contributed by atoms with Crippen molar-refractivity contribution in [1.82, 2.24) is 0 Å². The number of aryl methyl sites for hydroxylation is 3. The van der Waals surface area contributed by atoms with Crippen LogP contribution in [0.5, 0.6) is 0 Å². The average molecular weight is 423 g/mol. The van der Waals surface area contributed by atoms with E-state index in [-0.39, 0.29) is 6.61 Å². The van der Waals surface area contributed by atoms with Gasteiger partial charge in [0.25, 0.3) is 7.82 Å². The molecule has 0 amide bonds. The number of phosphoric ester groups is 1. The molecule has 1 aromatic carbocycles. The predicted octanol–water partition coefficient (Wildman–Crippen LogP) is 6.11. The number of benzene rings is 1. The minimum Gasteiger partial charge on any atom is -0.756 e. The van der Waals surface area contributed by atoms with Gasteiger partial charge in [0.15, 0.2) is 0 Å². The Bertz CT molecular complexity index is 592. The molecule has 0 aliphatic heterocycles. The van der Waals surface area contributed by atoms with Crippen LogP contribution in [0.2, 0.25) is 0 Å². The van der Waals surface area contributed by atoms with Crippen molar-refractivity contribution < 1.29 is 31.7 Å². The van der Waals surface area contributed by atoms with E-state index >= 15 is 0 Å². The summed E-state index contributed by atoms with van der Waals surface area (Å²) in [6, 6.07) is 6.43. The smallest absolute Gasteiger partial charge is 0.528 e. The topological polar surface area (TPSA) is 58.6 Å². The maximum Gasteiger partial charge on any atom is 0.528 e. The normalized spacial score (nSPS) is 14.2. The molecule has 0 saturated carbocycles. The van der Waals surface area contributed by atoms with Crippen LogP contribution in [0.3, 0.4) is 0 Å². The van der Waals surface area contributed by atoms with E-state index in [2.05, 4.69) is 41.1 Å². The highest BCUT2D eigenvalue weighted by molar-refractivity contribution is 7.45. The first-order valence-corrected chi connectivity index (χ1v) is 11.5. The lowest BCUT2D eigenvalue weighted by Gasteiger charge is -2.23. The van der Waals surface area contributed by atoms with E-state index in [4.69, 9.17) is 0 Å². The summed E-state index contributed by atoms with van der Waals surface area (Å²) in [5.41, 5.74) is 3.57. The highest BCUT2D eigenvalue weighted by Gasteiger charge is 2.35. The second-order valence-electron chi connectivity index (χ2n) is 6.99. The molecule has 0 fully saturated rings. The van der Waals surface area contributed by atoms with Gasteiger partial charge in [-0.3, -0.25) is 4.57 Å². The number of hydrogen-bond donors (Lipinski definition) is 0. The number of phosphoric acid groups is 1. The Balaban J connectivity index is 2.62. The molecule has 0 aromatic heterocycles. The van der Waals surface area contributed by atoms with Gasteiger partial charge in [-0.1, -0.05) is 57.7 Å². The van der Waals surface area contributed by atoms with Crippen LogP contribution in [0, 0.1) is 0 Å². The second-order valence-corrected chi connectivity index (χ2v) is 8.33. The van der Waals surface area contributed by atoms with Gasteiger partial charge in [0.2, 0.25) is 0 Å². The number of alkyl halides is 3. The van der Waals surface area contributed by atoms with Gasteiger partial charge in [-0.15, -0.1) is 13.2 Å². The first-order valence-electron chi connectivity index (χ1n) is 10.00. The Morgan fingerprint density at radius 2 is 1.29 bits per heavy atom. The monoisotopic (exact) mass is 423 g/mol. The van der Waals surface area contributed by atoms with Crippen LogP contribution in [0.4, 0.5) is 13.2 Å². The summed E-state index contributed by atoms with van der Waals surface area (Å²) in [4.78, 5) is 11.1. The lowest BCUT2D eigenvalue weighted by molar-refractivity contribution is -0.322. The molecule has 0 saturated heterocycles. The Morgan fingerprint density at radius 3 is 1.68 bits per heavy atom. The Morgan fingerprint density at radius 1 is 0.857 bits per heavy atom. The zero-order valence-corrected chi connectivity index (χ0v) is 17.6. The summed E-state index contributed by atoms with van der Waals surface area (Å²) in [5, 5.41) is 0. The van der Waals surface area contributed by atoms with Crippen molar-refractivity contribution in [2.75, 3.05) is 6.61 Å². The quantitative estimate of drug-likeness (QED) is 0.268. The minimum absolute atomic E-state index is 0.292. The first-order chi connectivity index (χ1) is 13.1. The molecule has 0 spiro atoms. The fraction of sp³-hybridized carbons (Fsp3) is 0.700. The third-order valence-corrected chi connectivity index (χ3v) is 5.25. The van der Waals surface area contributed by atoms with Crippen LogP contribution < -0.4 is 4.89 Å². The number of unbranched alkanes of at least 4 members (excludes halogenated alkanes) is 4. The van der Waals surface area contributed by atoms with E-state index in [0.717, 1.165) is 44.1 Å². The lowest BCUT2D eigenvalue weighted by Crippen LogP contribution is -2.19. The number of halogens is 3. The molecule has 1 aromatic rings. The molecule has 0 aliphatic carbocycles. The number of hydrogen-bond acceptors (Lipinski definition) is 4. The Labute approximate surface area is 166 Å². The summed E-state index contributed by atoms with van der Waals surface area (Å²) < 4.78 is 54.4. The van der Waals surface area contributed by atoms with Crippen molar-refractivity contribution in [3.05, 3.63) is 34.9 Å². The summed E-state index contributed by atoms with van der Waals surface area (Å²) in [6.07, 6.45) is 4.42.